The lowest BCUT2D eigenvalue weighted by molar-refractivity contribution is -0.122. The van der Waals surface area contributed by atoms with E-state index < -0.39 is 0 Å². The second kappa shape index (κ2) is 4.30. The summed E-state index contributed by atoms with van der Waals surface area (Å²) in [5, 5.41) is 3.04. The average molecular weight is 196 g/mol. The SMILES string of the molecule is CC(CNC(=O)C1CC1)N1CCCC1. The van der Waals surface area contributed by atoms with Crippen LogP contribution in [0, 0.1) is 5.92 Å². The van der Waals surface area contributed by atoms with Crippen LogP contribution in [0.4, 0.5) is 0 Å². The molecule has 0 bridgehead atoms. The van der Waals surface area contributed by atoms with Crippen molar-refractivity contribution in [3.8, 4) is 0 Å². The molecule has 0 radical (unpaired) electrons. The Morgan fingerprint density at radius 3 is 2.64 bits per heavy atom. The van der Waals surface area contributed by atoms with E-state index in [-0.39, 0.29) is 5.91 Å². The van der Waals surface area contributed by atoms with Crippen LogP contribution >= 0.6 is 0 Å². The molecule has 1 saturated heterocycles. The Balaban J connectivity index is 1.65. The maximum Gasteiger partial charge on any atom is 0.223 e. The molecular weight excluding hydrogens is 176 g/mol. The lowest BCUT2D eigenvalue weighted by atomic mass is 10.3. The molecule has 0 aromatic rings. The summed E-state index contributed by atoms with van der Waals surface area (Å²) < 4.78 is 0. The Hall–Kier alpha value is -0.570. The van der Waals surface area contributed by atoms with Gasteiger partial charge in [-0.2, -0.15) is 0 Å². The van der Waals surface area contributed by atoms with Gasteiger partial charge in [-0.3, -0.25) is 9.69 Å². The zero-order chi connectivity index (χ0) is 9.97. The summed E-state index contributed by atoms with van der Waals surface area (Å²) >= 11 is 0. The molecule has 1 aliphatic carbocycles. The van der Waals surface area contributed by atoms with Gasteiger partial charge < -0.3 is 5.32 Å². The minimum Gasteiger partial charge on any atom is -0.354 e. The zero-order valence-corrected chi connectivity index (χ0v) is 8.96. The van der Waals surface area contributed by atoms with E-state index in [1.807, 2.05) is 0 Å². The van der Waals surface area contributed by atoms with Gasteiger partial charge in [0.25, 0.3) is 0 Å². The smallest absolute Gasteiger partial charge is 0.223 e. The van der Waals surface area contributed by atoms with Gasteiger partial charge >= 0.3 is 0 Å². The van der Waals surface area contributed by atoms with Gasteiger partial charge in [-0.15, -0.1) is 0 Å². The Bertz CT molecular complexity index is 207. The minimum atomic E-state index is 0.274. The summed E-state index contributed by atoms with van der Waals surface area (Å²) in [4.78, 5) is 13.9. The predicted octanol–water partition coefficient (Wildman–Crippen LogP) is 0.997. The number of nitrogens with one attached hydrogen (secondary N) is 1. The third-order valence-electron chi connectivity index (χ3n) is 3.28. The molecule has 0 aromatic carbocycles. The number of likely N-dealkylation sites (tertiary alicyclic amines) is 1. The molecule has 1 unspecified atom stereocenters. The van der Waals surface area contributed by atoms with Gasteiger partial charge in [-0.1, -0.05) is 0 Å². The second-order valence-electron chi connectivity index (χ2n) is 4.61. The Morgan fingerprint density at radius 1 is 1.43 bits per heavy atom. The van der Waals surface area contributed by atoms with Crippen molar-refractivity contribution >= 4 is 5.91 Å². The molecule has 1 saturated carbocycles. The van der Waals surface area contributed by atoms with Crippen molar-refractivity contribution in [1.29, 1.82) is 0 Å². The standard InChI is InChI=1S/C11H20N2O/c1-9(13-6-2-3-7-13)8-12-11(14)10-4-5-10/h9-10H,2-8H2,1H3,(H,12,14). The van der Waals surface area contributed by atoms with Crippen LogP contribution in [0.2, 0.25) is 0 Å². The maximum absolute atomic E-state index is 11.4. The van der Waals surface area contributed by atoms with Gasteiger partial charge in [0.15, 0.2) is 0 Å². The van der Waals surface area contributed by atoms with Crippen LogP contribution in [-0.2, 0) is 4.79 Å². The first kappa shape index (κ1) is 9.97. The van der Waals surface area contributed by atoms with Gasteiger partial charge in [0.2, 0.25) is 5.91 Å². The molecule has 80 valence electrons. The summed E-state index contributed by atoms with van der Waals surface area (Å²) in [7, 11) is 0. The Morgan fingerprint density at radius 2 is 2.07 bits per heavy atom. The van der Waals surface area contributed by atoms with Crippen LogP contribution in [0.1, 0.15) is 32.6 Å². The summed E-state index contributed by atoms with van der Waals surface area (Å²) in [5.41, 5.74) is 0. The van der Waals surface area contributed by atoms with Crippen LogP contribution in [0.3, 0.4) is 0 Å². The predicted molar refractivity (Wildman–Crippen MR) is 56.0 cm³/mol. The molecule has 3 heteroatoms. The minimum absolute atomic E-state index is 0.274. The number of hydrogen-bond donors (Lipinski definition) is 1. The van der Waals surface area contributed by atoms with E-state index in [1.54, 1.807) is 0 Å². The quantitative estimate of drug-likeness (QED) is 0.727. The van der Waals surface area contributed by atoms with Crippen molar-refractivity contribution in [2.75, 3.05) is 19.6 Å². The van der Waals surface area contributed by atoms with E-state index in [1.165, 1.54) is 25.9 Å². The van der Waals surface area contributed by atoms with Crippen LogP contribution in [0.15, 0.2) is 0 Å². The molecule has 1 atom stereocenters. The van der Waals surface area contributed by atoms with Crippen LogP contribution in [0.5, 0.6) is 0 Å². The maximum atomic E-state index is 11.4. The van der Waals surface area contributed by atoms with Crippen molar-refractivity contribution in [3.63, 3.8) is 0 Å². The van der Waals surface area contributed by atoms with E-state index in [2.05, 4.69) is 17.1 Å². The fourth-order valence-electron chi connectivity index (χ4n) is 2.05. The largest absolute Gasteiger partial charge is 0.354 e. The number of amides is 1. The normalized spacial score (nSPS) is 24.9. The Kier molecular flexibility index (Phi) is 3.06. The third kappa shape index (κ3) is 2.47. The lowest BCUT2D eigenvalue weighted by Crippen LogP contribution is -2.41. The molecule has 1 N–H and O–H groups in total. The topological polar surface area (TPSA) is 32.3 Å². The van der Waals surface area contributed by atoms with Crippen molar-refractivity contribution in [1.82, 2.24) is 10.2 Å². The molecular formula is C11H20N2O. The first-order valence-corrected chi connectivity index (χ1v) is 5.79. The summed E-state index contributed by atoms with van der Waals surface area (Å²) in [6.07, 6.45) is 4.84. The number of carbonyl (C=O) groups excluding carboxylic acids is 1. The van der Waals surface area contributed by atoms with Gasteiger partial charge in [0.1, 0.15) is 0 Å². The van der Waals surface area contributed by atoms with Gasteiger partial charge in [-0.25, -0.2) is 0 Å². The molecule has 0 spiro atoms. The molecule has 0 aromatic heterocycles. The van der Waals surface area contributed by atoms with Crippen LogP contribution in [-0.4, -0.2) is 36.5 Å². The Labute approximate surface area is 85.8 Å². The molecule has 2 fully saturated rings. The van der Waals surface area contributed by atoms with Gasteiger partial charge in [0, 0.05) is 18.5 Å². The monoisotopic (exact) mass is 196 g/mol. The first-order valence-electron chi connectivity index (χ1n) is 5.79. The fourth-order valence-corrected chi connectivity index (χ4v) is 2.05. The van der Waals surface area contributed by atoms with E-state index in [0.717, 1.165) is 19.4 Å². The summed E-state index contributed by atoms with van der Waals surface area (Å²) in [6, 6.07) is 0.514. The molecule has 1 amide bonds. The van der Waals surface area contributed by atoms with Gasteiger partial charge in [0.05, 0.1) is 0 Å². The van der Waals surface area contributed by atoms with Crippen LogP contribution in [0.25, 0.3) is 0 Å². The number of carbonyl (C=O) groups is 1. The van der Waals surface area contributed by atoms with Crippen molar-refractivity contribution in [2.24, 2.45) is 5.92 Å². The third-order valence-corrected chi connectivity index (χ3v) is 3.28. The first-order chi connectivity index (χ1) is 6.77. The zero-order valence-electron chi connectivity index (χ0n) is 8.96. The van der Waals surface area contributed by atoms with E-state index >= 15 is 0 Å². The summed E-state index contributed by atoms with van der Waals surface area (Å²) in [6.45, 7) is 5.45. The molecule has 1 heterocycles. The second-order valence-corrected chi connectivity index (χ2v) is 4.61. The highest BCUT2D eigenvalue weighted by Crippen LogP contribution is 2.28. The van der Waals surface area contributed by atoms with E-state index in [9.17, 15) is 4.79 Å². The van der Waals surface area contributed by atoms with Crippen molar-refractivity contribution in [2.45, 2.75) is 38.6 Å². The summed E-state index contributed by atoms with van der Waals surface area (Å²) in [5.74, 6) is 0.622. The van der Waals surface area contributed by atoms with E-state index in [4.69, 9.17) is 0 Å². The molecule has 3 nitrogen and oxygen atoms in total. The fraction of sp³-hybridized carbons (Fsp3) is 0.909. The molecule has 2 aliphatic rings. The number of hydrogen-bond acceptors (Lipinski definition) is 2. The van der Waals surface area contributed by atoms with Crippen molar-refractivity contribution in [3.05, 3.63) is 0 Å². The average Bonchev–Trinajstić information content (AvgIpc) is 2.90. The highest BCUT2D eigenvalue weighted by molar-refractivity contribution is 5.80. The molecule has 2 rings (SSSR count). The number of nitrogens with zero attached hydrogens (tertiary/aromatic N) is 1. The lowest BCUT2D eigenvalue weighted by Gasteiger charge is -2.23. The van der Waals surface area contributed by atoms with Gasteiger partial charge in [-0.05, 0) is 45.7 Å². The number of rotatable bonds is 4. The van der Waals surface area contributed by atoms with E-state index in [0.29, 0.717) is 12.0 Å². The highest BCUT2D eigenvalue weighted by atomic mass is 16.2. The van der Waals surface area contributed by atoms with Crippen LogP contribution < -0.4 is 5.32 Å². The molecule has 1 aliphatic heterocycles. The highest BCUT2D eigenvalue weighted by Gasteiger charge is 2.29. The molecule has 14 heavy (non-hydrogen) atoms. The van der Waals surface area contributed by atoms with Crippen molar-refractivity contribution < 1.29 is 4.79 Å².